The second-order valence-corrected chi connectivity index (χ2v) is 8.27. The molecule has 1 aromatic carbocycles. The van der Waals surface area contributed by atoms with Gasteiger partial charge in [-0.2, -0.15) is 0 Å². The van der Waals surface area contributed by atoms with Crippen molar-refractivity contribution in [3.05, 3.63) is 35.4 Å². The zero-order valence-corrected chi connectivity index (χ0v) is 15.1. The van der Waals surface area contributed by atoms with E-state index in [2.05, 4.69) is 0 Å². The number of carboxylic acid groups (broad SMARTS) is 1. The van der Waals surface area contributed by atoms with Crippen molar-refractivity contribution in [2.24, 2.45) is 5.92 Å². The van der Waals surface area contributed by atoms with Crippen molar-refractivity contribution < 1.29 is 29.0 Å². The van der Waals surface area contributed by atoms with E-state index < -0.39 is 31.9 Å². The molecule has 1 aliphatic rings. The molecule has 1 aliphatic heterocycles. The van der Waals surface area contributed by atoms with Gasteiger partial charge in [-0.05, 0) is 17.0 Å². The Hall–Kier alpha value is -1.89. The fraction of sp³-hybridized carbons (Fsp3) is 0.500. The van der Waals surface area contributed by atoms with E-state index in [1.54, 1.807) is 0 Å². The molecule has 0 fully saturated rings. The lowest BCUT2D eigenvalue weighted by atomic mass is 9.94. The maximum Gasteiger partial charge on any atom is 0.344 e. The van der Waals surface area contributed by atoms with Gasteiger partial charge in [-0.15, -0.1) is 0 Å². The summed E-state index contributed by atoms with van der Waals surface area (Å²) in [5.41, 5.74) is 1.71. The number of benzene rings is 1. The predicted molar refractivity (Wildman–Crippen MR) is 91.0 cm³/mol. The van der Waals surface area contributed by atoms with E-state index in [0.717, 1.165) is 16.0 Å². The summed E-state index contributed by atoms with van der Waals surface area (Å²) in [6, 6.07) is 5.55. The van der Waals surface area contributed by atoms with Crippen LogP contribution in [0.3, 0.4) is 0 Å². The van der Waals surface area contributed by atoms with Gasteiger partial charge in [0.25, 0.3) is 0 Å². The summed E-state index contributed by atoms with van der Waals surface area (Å²) < 4.78 is 11.4. The van der Waals surface area contributed by atoms with Crippen molar-refractivity contribution in [1.29, 1.82) is 0 Å². The van der Waals surface area contributed by atoms with E-state index in [1.807, 2.05) is 38.1 Å². The molecule has 2 amide bonds. The number of rotatable bonds is 5. The minimum absolute atomic E-state index is 0.0177. The Morgan fingerprint density at radius 3 is 2.40 bits per heavy atom. The van der Waals surface area contributed by atoms with E-state index in [4.69, 9.17) is 0 Å². The quantitative estimate of drug-likeness (QED) is 0.679. The lowest BCUT2D eigenvalue weighted by Crippen LogP contribution is -2.54. The van der Waals surface area contributed by atoms with Gasteiger partial charge in [0.2, 0.25) is 0 Å². The number of carbonyl (C=O) groups excluding carboxylic acids is 1. The van der Waals surface area contributed by atoms with Gasteiger partial charge < -0.3 is 24.7 Å². The molecule has 25 heavy (non-hydrogen) atoms. The SMILES string of the molecule is CC(C)CN(CP(=O)(O)O)C(=O)N1Cc2ccccc2CC1C(=O)O. The number of urea groups is 1. The highest BCUT2D eigenvalue weighted by Gasteiger charge is 2.38. The molecule has 1 unspecified atom stereocenters. The molecule has 138 valence electrons. The summed E-state index contributed by atoms with van der Waals surface area (Å²) in [7, 11) is -4.46. The van der Waals surface area contributed by atoms with E-state index in [1.165, 1.54) is 4.90 Å². The van der Waals surface area contributed by atoms with E-state index in [0.29, 0.717) is 0 Å². The number of carbonyl (C=O) groups is 2. The predicted octanol–water partition coefficient (Wildman–Crippen LogP) is 1.71. The zero-order valence-electron chi connectivity index (χ0n) is 14.2. The molecule has 0 saturated heterocycles. The second kappa shape index (κ2) is 7.56. The Balaban J connectivity index is 2.32. The van der Waals surface area contributed by atoms with Crippen LogP contribution in [0.1, 0.15) is 25.0 Å². The Labute approximate surface area is 146 Å². The van der Waals surface area contributed by atoms with Crippen LogP contribution in [0.15, 0.2) is 24.3 Å². The first kappa shape index (κ1) is 19.4. The molecule has 9 heteroatoms. The fourth-order valence-corrected chi connectivity index (χ4v) is 3.67. The van der Waals surface area contributed by atoms with Crippen molar-refractivity contribution in [1.82, 2.24) is 9.80 Å². The van der Waals surface area contributed by atoms with Crippen LogP contribution >= 0.6 is 7.60 Å². The van der Waals surface area contributed by atoms with Crippen LogP contribution in [0.4, 0.5) is 4.79 Å². The van der Waals surface area contributed by atoms with Gasteiger partial charge in [-0.1, -0.05) is 38.1 Å². The largest absolute Gasteiger partial charge is 0.480 e. The number of fused-ring (bicyclic) bond motifs is 1. The molecule has 0 bridgehead atoms. The molecular weight excluding hydrogens is 347 g/mol. The molecule has 3 N–H and O–H groups in total. The number of carboxylic acids is 1. The highest BCUT2D eigenvalue weighted by molar-refractivity contribution is 7.51. The van der Waals surface area contributed by atoms with Crippen LogP contribution in [0.5, 0.6) is 0 Å². The molecule has 0 aromatic heterocycles. The second-order valence-electron chi connectivity index (χ2n) is 6.66. The monoisotopic (exact) mass is 370 g/mol. The van der Waals surface area contributed by atoms with E-state index in [-0.39, 0.29) is 25.4 Å². The third kappa shape index (κ3) is 5.04. The molecular formula is C16H23N2O6P. The Bertz CT molecular complexity index is 702. The Morgan fingerprint density at radius 2 is 1.88 bits per heavy atom. The van der Waals surface area contributed by atoms with Gasteiger partial charge >= 0.3 is 19.6 Å². The van der Waals surface area contributed by atoms with Gasteiger partial charge in [-0.3, -0.25) is 4.57 Å². The summed E-state index contributed by atoms with van der Waals surface area (Å²) in [6.07, 6.45) is -0.558. The van der Waals surface area contributed by atoms with Crippen LogP contribution < -0.4 is 0 Å². The molecule has 8 nitrogen and oxygen atoms in total. The topological polar surface area (TPSA) is 118 Å². The minimum Gasteiger partial charge on any atom is -0.480 e. The summed E-state index contributed by atoms with van der Waals surface area (Å²) in [6.45, 7) is 3.87. The number of hydrogen-bond acceptors (Lipinski definition) is 3. The molecule has 1 atom stereocenters. The highest BCUT2D eigenvalue weighted by atomic mass is 31.2. The maximum atomic E-state index is 12.9. The van der Waals surface area contributed by atoms with Gasteiger partial charge in [0.05, 0.1) is 0 Å². The smallest absolute Gasteiger partial charge is 0.344 e. The fourth-order valence-electron chi connectivity index (χ4n) is 2.99. The first-order chi connectivity index (χ1) is 11.6. The van der Waals surface area contributed by atoms with Crippen LogP contribution in [-0.2, 0) is 22.3 Å². The van der Waals surface area contributed by atoms with Crippen molar-refractivity contribution in [3.8, 4) is 0 Å². The molecule has 1 heterocycles. The third-order valence-electron chi connectivity index (χ3n) is 3.99. The molecule has 1 aromatic rings. The number of amides is 2. The summed E-state index contributed by atoms with van der Waals surface area (Å²) in [4.78, 5) is 45.3. The first-order valence-corrected chi connectivity index (χ1v) is 9.78. The van der Waals surface area contributed by atoms with Crippen LogP contribution in [0, 0.1) is 5.92 Å². The van der Waals surface area contributed by atoms with Gasteiger partial charge in [0.15, 0.2) is 0 Å². The van der Waals surface area contributed by atoms with Crippen LogP contribution in [-0.4, -0.2) is 55.6 Å². The van der Waals surface area contributed by atoms with Crippen LogP contribution in [0.25, 0.3) is 0 Å². The molecule has 2 rings (SSSR count). The lowest BCUT2D eigenvalue weighted by molar-refractivity contribution is -0.142. The van der Waals surface area contributed by atoms with Crippen LogP contribution in [0.2, 0.25) is 0 Å². The lowest BCUT2D eigenvalue weighted by Gasteiger charge is -2.38. The molecule has 0 saturated carbocycles. The molecule has 0 radical (unpaired) electrons. The van der Waals surface area contributed by atoms with E-state index in [9.17, 15) is 29.0 Å². The summed E-state index contributed by atoms with van der Waals surface area (Å²) in [5.74, 6) is -1.15. The normalized spacial score (nSPS) is 17.3. The van der Waals surface area contributed by atoms with Crippen molar-refractivity contribution in [2.75, 3.05) is 12.8 Å². The number of hydrogen-bond donors (Lipinski definition) is 3. The van der Waals surface area contributed by atoms with E-state index >= 15 is 0 Å². The first-order valence-electron chi connectivity index (χ1n) is 7.98. The Kier molecular flexibility index (Phi) is 5.87. The van der Waals surface area contributed by atoms with Gasteiger partial charge in [-0.25, -0.2) is 9.59 Å². The third-order valence-corrected chi connectivity index (χ3v) is 4.70. The average Bonchev–Trinajstić information content (AvgIpc) is 2.50. The van der Waals surface area contributed by atoms with Gasteiger partial charge in [0, 0.05) is 19.5 Å². The zero-order chi connectivity index (χ0) is 18.8. The number of nitrogens with zero attached hydrogens (tertiary/aromatic N) is 2. The van der Waals surface area contributed by atoms with Crippen molar-refractivity contribution in [2.45, 2.75) is 32.9 Å². The minimum atomic E-state index is -4.46. The highest BCUT2D eigenvalue weighted by Crippen LogP contribution is 2.36. The summed E-state index contributed by atoms with van der Waals surface area (Å²) in [5, 5.41) is 9.51. The average molecular weight is 370 g/mol. The summed E-state index contributed by atoms with van der Waals surface area (Å²) >= 11 is 0. The molecule has 0 spiro atoms. The van der Waals surface area contributed by atoms with Gasteiger partial charge in [0.1, 0.15) is 12.3 Å². The number of aliphatic carboxylic acids is 1. The van der Waals surface area contributed by atoms with Crippen molar-refractivity contribution >= 4 is 19.6 Å². The Morgan fingerprint density at radius 1 is 1.28 bits per heavy atom. The molecule has 0 aliphatic carbocycles. The standard InChI is InChI=1S/C16H23N2O6P/c1-11(2)8-17(10-25(22,23)24)16(21)18-9-13-6-4-3-5-12(13)7-14(18)15(19)20/h3-6,11,14H,7-10H2,1-2H3,(H,19,20)(H2,22,23,24). The maximum absolute atomic E-state index is 12.9. The van der Waals surface area contributed by atoms with Crippen molar-refractivity contribution in [3.63, 3.8) is 0 Å².